The third kappa shape index (κ3) is 7.66. The van der Waals surface area contributed by atoms with Crippen molar-refractivity contribution >= 4 is 5.97 Å². The van der Waals surface area contributed by atoms with Crippen LogP contribution in [0.1, 0.15) is 45.7 Å². The van der Waals surface area contributed by atoms with Gasteiger partial charge in [0.05, 0.1) is 32.0 Å². The van der Waals surface area contributed by atoms with Crippen LogP contribution >= 0.6 is 0 Å². The van der Waals surface area contributed by atoms with E-state index in [0.29, 0.717) is 19.8 Å². The van der Waals surface area contributed by atoms with E-state index in [2.05, 4.69) is 13.8 Å². The summed E-state index contributed by atoms with van der Waals surface area (Å²) in [5, 5.41) is 10.6. The number of carbonyl (C=O) groups is 1. The molecule has 0 amide bonds. The fourth-order valence-corrected chi connectivity index (χ4v) is 5.25. The Kier molecular flexibility index (Phi) is 10.5. The monoisotopic (exact) mass is 542 g/mol. The van der Waals surface area contributed by atoms with E-state index >= 15 is 0 Å². The maximum absolute atomic E-state index is 11.9. The van der Waals surface area contributed by atoms with E-state index in [-0.39, 0.29) is 30.0 Å². The van der Waals surface area contributed by atoms with E-state index in [0.717, 1.165) is 11.1 Å². The minimum atomic E-state index is -1.31. The predicted octanol–water partition coefficient (Wildman–Crippen LogP) is 4.48. The van der Waals surface area contributed by atoms with Gasteiger partial charge in [-0.2, -0.15) is 0 Å². The molecule has 2 aromatic carbocycles. The van der Waals surface area contributed by atoms with Crippen LogP contribution < -0.4 is 0 Å². The molecular formula is C31H42O8. The number of benzene rings is 2. The van der Waals surface area contributed by atoms with Gasteiger partial charge >= 0.3 is 5.97 Å². The van der Waals surface area contributed by atoms with Gasteiger partial charge in [0.2, 0.25) is 0 Å². The molecule has 39 heavy (non-hydrogen) atoms. The summed E-state index contributed by atoms with van der Waals surface area (Å²) in [5.74, 6) is -0.503. The van der Waals surface area contributed by atoms with Crippen molar-refractivity contribution in [2.75, 3.05) is 6.61 Å². The first-order chi connectivity index (χ1) is 18.7. The third-order valence-corrected chi connectivity index (χ3v) is 8.00. The largest absolute Gasteiger partial charge is 0.454 e. The zero-order chi connectivity index (χ0) is 27.9. The molecule has 0 spiro atoms. The van der Waals surface area contributed by atoms with Crippen LogP contribution in [0.15, 0.2) is 60.7 Å². The standard InChI is InChI=1S/C31H42O8/c1-19-20(2)28(35-17-25-14-10-7-11-15-25)31(38-26(19)18-34-16-24-12-8-6-9-13-24)39-27-21(3)22(4)36-30(33)29(27)37-23(5)32/h6-15,19-22,26-31,33H,16-18H2,1-5H3/t19-,20?,21-,22?,26-,27-,28?,29?,30+,31+/m0/s1. The molecule has 1 N–H and O–H groups in total. The van der Waals surface area contributed by atoms with Crippen molar-refractivity contribution in [2.45, 2.75) is 90.9 Å². The number of hydrogen-bond donors (Lipinski definition) is 1. The molecule has 4 rings (SSSR count). The highest BCUT2D eigenvalue weighted by atomic mass is 16.7. The number of carbonyl (C=O) groups excluding carboxylic acids is 1. The molecule has 2 aromatic rings. The second-order valence-electron chi connectivity index (χ2n) is 10.8. The summed E-state index contributed by atoms with van der Waals surface area (Å²) in [6.45, 7) is 10.7. The third-order valence-electron chi connectivity index (χ3n) is 8.00. The normalized spacial score (nSPS) is 34.9. The van der Waals surface area contributed by atoms with Gasteiger partial charge in [-0.1, -0.05) is 81.4 Å². The Balaban J connectivity index is 1.52. The molecule has 2 heterocycles. The Bertz CT molecular complexity index is 1020. The summed E-state index contributed by atoms with van der Waals surface area (Å²) >= 11 is 0. The molecule has 4 unspecified atom stereocenters. The zero-order valence-corrected chi connectivity index (χ0v) is 23.5. The van der Waals surface area contributed by atoms with Crippen LogP contribution in [0.4, 0.5) is 0 Å². The van der Waals surface area contributed by atoms with Gasteiger partial charge in [-0.15, -0.1) is 0 Å². The Morgan fingerprint density at radius 2 is 1.41 bits per heavy atom. The second-order valence-corrected chi connectivity index (χ2v) is 10.8. The fraction of sp³-hybridized carbons (Fsp3) is 0.581. The number of ether oxygens (including phenoxy) is 6. The van der Waals surface area contributed by atoms with Crippen molar-refractivity contribution in [3.8, 4) is 0 Å². The lowest BCUT2D eigenvalue weighted by Crippen LogP contribution is -2.60. The van der Waals surface area contributed by atoms with Gasteiger partial charge < -0.3 is 33.5 Å². The van der Waals surface area contributed by atoms with Crippen molar-refractivity contribution in [1.29, 1.82) is 0 Å². The van der Waals surface area contributed by atoms with Crippen molar-refractivity contribution in [3.05, 3.63) is 71.8 Å². The fourth-order valence-electron chi connectivity index (χ4n) is 5.25. The molecule has 0 aromatic heterocycles. The molecule has 214 valence electrons. The first-order valence-corrected chi connectivity index (χ1v) is 13.8. The first kappa shape index (κ1) is 29.6. The van der Waals surface area contributed by atoms with Gasteiger partial charge in [0.25, 0.3) is 0 Å². The van der Waals surface area contributed by atoms with E-state index in [1.54, 1.807) is 0 Å². The van der Waals surface area contributed by atoms with E-state index in [9.17, 15) is 9.90 Å². The highest BCUT2D eigenvalue weighted by Crippen LogP contribution is 2.37. The lowest BCUT2D eigenvalue weighted by molar-refractivity contribution is -0.342. The number of hydrogen-bond acceptors (Lipinski definition) is 8. The molecule has 0 aliphatic carbocycles. The zero-order valence-electron chi connectivity index (χ0n) is 23.5. The Hall–Kier alpha value is -2.33. The van der Waals surface area contributed by atoms with Crippen molar-refractivity contribution in [3.63, 3.8) is 0 Å². The molecule has 2 aliphatic rings. The summed E-state index contributed by atoms with van der Waals surface area (Å²) in [7, 11) is 0. The SMILES string of the molecule is CC(=O)OC1[C@H](O)OC(C)[C@H](C)[C@@H]1O[C@H]1O[C@@H](COCc2ccccc2)[C@@H](C)C(C)C1OCc1ccccc1. The van der Waals surface area contributed by atoms with Gasteiger partial charge in [-0.25, -0.2) is 0 Å². The summed E-state index contributed by atoms with van der Waals surface area (Å²) in [5.41, 5.74) is 2.14. The number of aliphatic hydroxyl groups excluding tert-OH is 1. The molecule has 8 nitrogen and oxygen atoms in total. The van der Waals surface area contributed by atoms with Crippen LogP contribution in [0, 0.1) is 17.8 Å². The molecule has 10 atom stereocenters. The number of rotatable bonds is 10. The molecule has 0 saturated carbocycles. The predicted molar refractivity (Wildman–Crippen MR) is 144 cm³/mol. The Morgan fingerprint density at radius 3 is 2.03 bits per heavy atom. The minimum Gasteiger partial charge on any atom is -0.454 e. The molecular weight excluding hydrogens is 500 g/mol. The van der Waals surface area contributed by atoms with Crippen LogP contribution in [-0.4, -0.2) is 60.8 Å². The summed E-state index contributed by atoms with van der Waals surface area (Å²) in [4.78, 5) is 11.9. The van der Waals surface area contributed by atoms with Crippen molar-refractivity contribution in [2.24, 2.45) is 17.8 Å². The summed E-state index contributed by atoms with van der Waals surface area (Å²) < 4.78 is 36.7. The Morgan fingerprint density at radius 1 is 0.795 bits per heavy atom. The van der Waals surface area contributed by atoms with E-state index in [1.807, 2.05) is 74.5 Å². The maximum atomic E-state index is 11.9. The van der Waals surface area contributed by atoms with Crippen molar-refractivity contribution < 1.29 is 38.3 Å². The van der Waals surface area contributed by atoms with Crippen LogP contribution in [0.5, 0.6) is 0 Å². The first-order valence-electron chi connectivity index (χ1n) is 13.8. The summed E-state index contributed by atoms with van der Waals surface area (Å²) in [6.07, 6.45) is -4.68. The van der Waals surface area contributed by atoms with Crippen LogP contribution in [0.3, 0.4) is 0 Å². The number of esters is 1. The van der Waals surface area contributed by atoms with Crippen molar-refractivity contribution in [1.82, 2.24) is 0 Å². The van der Waals surface area contributed by atoms with E-state index < -0.39 is 36.9 Å². The van der Waals surface area contributed by atoms with Gasteiger partial charge in [0.15, 0.2) is 18.7 Å². The Labute approximate surface area is 231 Å². The second kappa shape index (κ2) is 13.8. The lowest BCUT2D eigenvalue weighted by Gasteiger charge is -2.48. The minimum absolute atomic E-state index is 0.0717. The summed E-state index contributed by atoms with van der Waals surface area (Å²) in [6, 6.07) is 20.0. The lowest BCUT2D eigenvalue weighted by atomic mass is 9.83. The van der Waals surface area contributed by atoms with E-state index in [1.165, 1.54) is 6.92 Å². The highest BCUT2D eigenvalue weighted by molar-refractivity contribution is 5.66. The van der Waals surface area contributed by atoms with Crippen LogP contribution in [0.25, 0.3) is 0 Å². The molecule has 0 bridgehead atoms. The van der Waals surface area contributed by atoms with E-state index in [4.69, 9.17) is 28.4 Å². The smallest absolute Gasteiger partial charge is 0.303 e. The van der Waals surface area contributed by atoms with Gasteiger partial charge in [-0.3, -0.25) is 4.79 Å². The highest BCUT2D eigenvalue weighted by Gasteiger charge is 2.49. The topological polar surface area (TPSA) is 92.7 Å². The van der Waals surface area contributed by atoms with Gasteiger partial charge in [0.1, 0.15) is 12.2 Å². The quantitative estimate of drug-likeness (QED) is 0.440. The van der Waals surface area contributed by atoms with Gasteiger partial charge in [-0.05, 0) is 29.9 Å². The maximum Gasteiger partial charge on any atom is 0.303 e. The number of aliphatic hydroxyl groups is 1. The van der Waals surface area contributed by atoms with Crippen LogP contribution in [-0.2, 0) is 46.4 Å². The molecule has 0 radical (unpaired) electrons. The van der Waals surface area contributed by atoms with Gasteiger partial charge in [0, 0.05) is 12.8 Å². The molecule has 2 fully saturated rings. The average Bonchev–Trinajstić information content (AvgIpc) is 2.92. The average molecular weight is 543 g/mol. The molecule has 2 saturated heterocycles. The van der Waals surface area contributed by atoms with Crippen LogP contribution in [0.2, 0.25) is 0 Å². The molecule has 8 heteroatoms. The molecule has 2 aliphatic heterocycles.